The van der Waals surface area contributed by atoms with Crippen LogP contribution in [0.3, 0.4) is 0 Å². The SMILES string of the molecule is CC1(NC(=O)c2cccc(C3CCCC3)n2)CCCCCCC1. The van der Waals surface area contributed by atoms with Gasteiger partial charge < -0.3 is 5.32 Å². The van der Waals surface area contributed by atoms with Crippen molar-refractivity contribution in [2.45, 2.75) is 89.0 Å². The molecule has 2 aliphatic carbocycles. The minimum Gasteiger partial charge on any atom is -0.346 e. The van der Waals surface area contributed by atoms with Crippen LogP contribution in [0.4, 0.5) is 0 Å². The normalized spacial score (nSPS) is 22.3. The smallest absolute Gasteiger partial charge is 0.270 e. The zero-order valence-corrected chi connectivity index (χ0v) is 14.4. The van der Waals surface area contributed by atoms with E-state index in [9.17, 15) is 4.79 Å². The predicted molar refractivity (Wildman–Crippen MR) is 93.6 cm³/mol. The lowest BCUT2D eigenvalue weighted by molar-refractivity contribution is 0.0884. The third-order valence-corrected chi connectivity index (χ3v) is 5.65. The fourth-order valence-electron chi connectivity index (χ4n) is 4.18. The van der Waals surface area contributed by atoms with Gasteiger partial charge in [-0.15, -0.1) is 0 Å². The van der Waals surface area contributed by atoms with Crippen molar-refractivity contribution in [2.24, 2.45) is 0 Å². The van der Waals surface area contributed by atoms with E-state index in [0.29, 0.717) is 11.6 Å². The summed E-state index contributed by atoms with van der Waals surface area (Å²) in [6, 6.07) is 5.94. The molecule has 0 unspecified atom stereocenters. The highest BCUT2D eigenvalue weighted by atomic mass is 16.2. The molecule has 3 heteroatoms. The van der Waals surface area contributed by atoms with E-state index in [1.807, 2.05) is 12.1 Å². The summed E-state index contributed by atoms with van der Waals surface area (Å²) >= 11 is 0. The molecule has 2 saturated carbocycles. The largest absolute Gasteiger partial charge is 0.346 e. The van der Waals surface area contributed by atoms with Crippen LogP contribution in [0, 0.1) is 0 Å². The molecule has 1 aromatic rings. The summed E-state index contributed by atoms with van der Waals surface area (Å²) in [4.78, 5) is 17.4. The van der Waals surface area contributed by atoms with Gasteiger partial charge in [0, 0.05) is 17.2 Å². The number of amides is 1. The fraction of sp³-hybridized carbons (Fsp3) is 0.700. The summed E-state index contributed by atoms with van der Waals surface area (Å²) in [6.07, 6.45) is 13.5. The third kappa shape index (κ3) is 4.33. The molecule has 0 aromatic carbocycles. The lowest BCUT2D eigenvalue weighted by Gasteiger charge is -2.32. The molecule has 0 spiro atoms. The molecule has 0 atom stereocenters. The molecular weight excluding hydrogens is 284 g/mol. The molecule has 0 bridgehead atoms. The molecule has 126 valence electrons. The van der Waals surface area contributed by atoms with Crippen LogP contribution in [-0.2, 0) is 0 Å². The second-order valence-electron chi connectivity index (χ2n) is 7.71. The topological polar surface area (TPSA) is 42.0 Å². The van der Waals surface area contributed by atoms with E-state index in [-0.39, 0.29) is 11.4 Å². The lowest BCUT2D eigenvalue weighted by atomic mass is 9.85. The molecule has 1 aromatic heterocycles. The molecule has 1 amide bonds. The molecular formula is C20H30N2O. The standard InChI is InChI=1S/C20H30N2O/c1-20(14-7-3-2-4-8-15-20)22-19(23)18-13-9-12-17(21-18)16-10-5-6-11-16/h9,12-13,16H,2-8,10-11,14-15H2,1H3,(H,22,23). The van der Waals surface area contributed by atoms with Gasteiger partial charge in [-0.3, -0.25) is 4.79 Å². The quantitative estimate of drug-likeness (QED) is 0.855. The van der Waals surface area contributed by atoms with Crippen molar-refractivity contribution in [3.8, 4) is 0 Å². The van der Waals surface area contributed by atoms with Gasteiger partial charge in [-0.25, -0.2) is 4.98 Å². The Bertz CT molecular complexity index is 526. The number of carbonyl (C=O) groups excluding carboxylic acids is 1. The Morgan fingerprint density at radius 3 is 2.39 bits per heavy atom. The van der Waals surface area contributed by atoms with Crippen molar-refractivity contribution in [1.29, 1.82) is 0 Å². The van der Waals surface area contributed by atoms with E-state index in [4.69, 9.17) is 0 Å². The second-order valence-corrected chi connectivity index (χ2v) is 7.71. The van der Waals surface area contributed by atoms with E-state index >= 15 is 0 Å². The molecule has 3 nitrogen and oxygen atoms in total. The Labute approximate surface area is 140 Å². The highest BCUT2D eigenvalue weighted by Crippen LogP contribution is 2.33. The van der Waals surface area contributed by atoms with Crippen LogP contribution < -0.4 is 5.32 Å². The first-order valence-electron chi connectivity index (χ1n) is 9.46. The van der Waals surface area contributed by atoms with E-state index < -0.39 is 0 Å². The molecule has 1 N–H and O–H groups in total. The van der Waals surface area contributed by atoms with Crippen LogP contribution in [0.15, 0.2) is 18.2 Å². The van der Waals surface area contributed by atoms with Crippen LogP contribution >= 0.6 is 0 Å². The zero-order chi connectivity index (χ0) is 16.1. The predicted octanol–water partition coefficient (Wildman–Crippen LogP) is 4.97. The fourth-order valence-corrected chi connectivity index (χ4v) is 4.18. The average Bonchev–Trinajstić information content (AvgIpc) is 3.06. The van der Waals surface area contributed by atoms with Gasteiger partial charge in [0.1, 0.15) is 5.69 Å². The summed E-state index contributed by atoms with van der Waals surface area (Å²) in [5.41, 5.74) is 1.64. The Morgan fingerprint density at radius 1 is 1.04 bits per heavy atom. The summed E-state index contributed by atoms with van der Waals surface area (Å²) in [5, 5.41) is 3.30. The number of carbonyl (C=O) groups is 1. The number of nitrogens with one attached hydrogen (secondary N) is 1. The van der Waals surface area contributed by atoms with Crippen LogP contribution in [0.5, 0.6) is 0 Å². The van der Waals surface area contributed by atoms with Gasteiger partial charge >= 0.3 is 0 Å². The summed E-state index contributed by atoms with van der Waals surface area (Å²) in [5.74, 6) is 0.563. The van der Waals surface area contributed by atoms with E-state index in [2.05, 4.69) is 23.3 Å². The van der Waals surface area contributed by atoms with Crippen molar-refractivity contribution in [1.82, 2.24) is 10.3 Å². The number of hydrogen-bond acceptors (Lipinski definition) is 2. The highest BCUT2D eigenvalue weighted by molar-refractivity contribution is 5.92. The van der Waals surface area contributed by atoms with E-state index in [1.54, 1.807) is 0 Å². The van der Waals surface area contributed by atoms with Crippen molar-refractivity contribution in [3.63, 3.8) is 0 Å². The Kier molecular flexibility index (Phi) is 5.34. The van der Waals surface area contributed by atoms with Crippen molar-refractivity contribution >= 4 is 5.91 Å². The molecule has 0 saturated heterocycles. The number of pyridine rings is 1. The molecule has 0 aliphatic heterocycles. The summed E-state index contributed by atoms with van der Waals surface area (Å²) in [7, 11) is 0. The third-order valence-electron chi connectivity index (χ3n) is 5.65. The first-order valence-corrected chi connectivity index (χ1v) is 9.46. The van der Waals surface area contributed by atoms with Gasteiger partial charge in [-0.05, 0) is 44.7 Å². The van der Waals surface area contributed by atoms with Crippen molar-refractivity contribution in [2.75, 3.05) is 0 Å². The molecule has 2 fully saturated rings. The molecule has 2 aliphatic rings. The Hall–Kier alpha value is -1.38. The maximum absolute atomic E-state index is 12.7. The molecule has 0 radical (unpaired) electrons. The number of hydrogen-bond donors (Lipinski definition) is 1. The van der Waals surface area contributed by atoms with Crippen molar-refractivity contribution < 1.29 is 4.79 Å². The van der Waals surface area contributed by atoms with Gasteiger partial charge in [0.25, 0.3) is 5.91 Å². The maximum atomic E-state index is 12.7. The maximum Gasteiger partial charge on any atom is 0.270 e. The van der Waals surface area contributed by atoms with Crippen molar-refractivity contribution in [3.05, 3.63) is 29.6 Å². The van der Waals surface area contributed by atoms with Gasteiger partial charge in [0.15, 0.2) is 0 Å². The first-order chi connectivity index (χ1) is 11.2. The Morgan fingerprint density at radius 2 is 1.70 bits per heavy atom. The highest BCUT2D eigenvalue weighted by Gasteiger charge is 2.28. The molecule has 1 heterocycles. The molecule has 3 rings (SSSR count). The van der Waals surface area contributed by atoms with Crippen LogP contribution in [0.25, 0.3) is 0 Å². The minimum atomic E-state index is -0.0669. The van der Waals surface area contributed by atoms with Gasteiger partial charge in [0.05, 0.1) is 0 Å². The molecule has 23 heavy (non-hydrogen) atoms. The summed E-state index contributed by atoms with van der Waals surface area (Å²) in [6.45, 7) is 2.21. The average molecular weight is 314 g/mol. The van der Waals surface area contributed by atoms with Crippen LogP contribution in [0.2, 0.25) is 0 Å². The van der Waals surface area contributed by atoms with E-state index in [1.165, 1.54) is 57.8 Å². The van der Waals surface area contributed by atoms with E-state index in [0.717, 1.165) is 18.5 Å². The summed E-state index contributed by atoms with van der Waals surface area (Å²) < 4.78 is 0. The second kappa shape index (κ2) is 7.46. The first kappa shape index (κ1) is 16.5. The number of aromatic nitrogens is 1. The van der Waals surface area contributed by atoms with Gasteiger partial charge in [-0.1, -0.05) is 51.0 Å². The Balaban J connectivity index is 1.68. The number of rotatable bonds is 3. The minimum absolute atomic E-state index is 0.00733. The van der Waals surface area contributed by atoms with Crippen LogP contribution in [-0.4, -0.2) is 16.4 Å². The lowest BCUT2D eigenvalue weighted by Crippen LogP contribution is -2.46. The number of nitrogens with zero attached hydrogens (tertiary/aromatic N) is 1. The van der Waals surface area contributed by atoms with Gasteiger partial charge in [0.2, 0.25) is 0 Å². The van der Waals surface area contributed by atoms with Crippen LogP contribution in [0.1, 0.15) is 99.7 Å². The monoisotopic (exact) mass is 314 g/mol. The zero-order valence-electron chi connectivity index (χ0n) is 14.4. The van der Waals surface area contributed by atoms with Gasteiger partial charge in [-0.2, -0.15) is 0 Å².